The van der Waals surface area contributed by atoms with Crippen molar-refractivity contribution in [3.8, 4) is 5.69 Å². The first kappa shape index (κ1) is 18.6. The summed E-state index contributed by atoms with van der Waals surface area (Å²) in [6.45, 7) is 4.62. The van der Waals surface area contributed by atoms with Gasteiger partial charge in [0.05, 0.1) is 17.1 Å². The number of hydrogen-bond donors (Lipinski definition) is 1. The summed E-state index contributed by atoms with van der Waals surface area (Å²) in [6.07, 6.45) is 0. The van der Waals surface area contributed by atoms with Gasteiger partial charge in [-0.3, -0.25) is 14.5 Å². The third-order valence-electron chi connectivity index (χ3n) is 5.08. The van der Waals surface area contributed by atoms with E-state index in [9.17, 15) is 8.42 Å². The number of anilines is 1. The standard InChI is InChI=1S/C20H21N7O2S/c1-15-7-9-17(10-8-15)30(28,29)24-20-26-14-13-25(18-21-11-12-22-18)19(26)23-27(20)16-5-3-2-4-6-16/h2-10H,11-14H2,1H3,(H,21,22)/b24-20+. The van der Waals surface area contributed by atoms with Crippen molar-refractivity contribution in [1.29, 1.82) is 0 Å². The van der Waals surface area contributed by atoms with Crippen LogP contribution in [0.4, 0.5) is 5.95 Å². The highest BCUT2D eigenvalue weighted by atomic mass is 32.2. The summed E-state index contributed by atoms with van der Waals surface area (Å²) in [5.41, 5.74) is 1.98. The molecule has 0 saturated carbocycles. The maximum Gasteiger partial charge on any atom is 0.285 e. The van der Waals surface area contributed by atoms with Crippen molar-refractivity contribution < 1.29 is 8.42 Å². The number of nitrogens with one attached hydrogen (secondary N) is 1. The van der Waals surface area contributed by atoms with Crippen LogP contribution in [0.5, 0.6) is 0 Å². The fourth-order valence-corrected chi connectivity index (χ4v) is 4.54. The number of rotatable bonds is 3. The molecule has 2 aliphatic heterocycles. The van der Waals surface area contributed by atoms with Crippen molar-refractivity contribution >= 4 is 21.9 Å². The van der Waals surface area contributed by atoms with E-state index in [1.165, 1.54) is 0 Å². The number of aromatic nitrogens is 3. The predicted octanol–water partition coefficient (Wildman–Crippen LogP) is 1.05. The van der Waals surface area contributed by atoms with Crippen LogP contribution in [0.2, 0.25) is 0 Å². The topological polar surface area (TPSA) is 96.9 Å². The molecule has 0 spiro atoms. The maximum absolute atomic E-state index is 13.1. The van der Waals surface area contributed by atoms with Crippen molar-refractivity contribution in [2.24, 2.45) is 9.39 Å². The van der Waals surface area contributed by atoms with Gasteiger partial charge in [0, 0.05) is 19.6 Å². The summed E-state index contributed by atoms with van der Waals surface area (Å²) < 4.78 is 33.7. The van der Waals surface area contributed by atoms with Gasteiger partial charge in [-0.1, -0.05) is 35.9 Å². The van der Waals surface area contributed by atoms with E-state index in [-0.39, 0.29) is 10.5 Å². The van der Waals surface area contributed by atoms with E-state index >= 15 is 0 Å². The highest BCUT2D eigenvalue weighted by molar-refractivity contribution is 7.90. The Bertz CT molecular complexity index is 1290. The first-order chi connectivity index (χ1) is 14.5. The second-order valence-corrected chi connectivity index (χ2v) is 8.77. The van der Waals surface area contributed by atoms with Crippen LogP contribution in [0, 0.1) is 6.92 Å². The van der Waals surface area contributed by atoms with Crippen LogP contribution >= 0.6 is 0 Å². The fourth-order valence-electron chi connectivity index (χ4n) is 3.56. The number of sulfonamides is 1. The highest BCUT2D eigenvalue weighted by Gasteiger charge is 2.30. The van der Waals surface area contributed by atoms with Crippen molar-refractivity contribution in [3.05, 3.63) is 65.8 Å². The van der Waals surface area contributed by atoms with Gasteiger partial charge in [0.1, 0.15) is 0 Å². The molecule has 0 radical (unpaired) electrons. The van der Waals surface area contributed by atoms with E-state index in [1.54, 1.807) is 28.9 Å². The van der Waals surface area contributed by atoms with Gasteiger partial charge >= 0.3 is 0 Å². The molecule has 30 heavy (non-hydrogen) atoms. The summed E-state index contributed by atoms with van der Waals surface area (Å²) >= 11 is 0. The average molecular weight is 424 g/mol. The third-order valence-corrected chi connectivity index (χ3v) is 6.36. The maximum atomic E-state index is 13.1. The zero-order valence-electron chi connectivity index (χ0n) is 16.4. The molecule has 3 aromatic rings. The molecule has 2 aliphatic rings. The Kier molecular flexibility index (Phi) is 4.43. The predicted molar refractivity (Wildman–Crippen MR) is 113 cm³/mol. The highest BCUT2D eigenvalue weighted by Crippen LogP contribution is 2.20. The lowest BCUT2D eigenvalue weighted by atomic mass is 10.2. The Morgan fingerprint density at radius 2 is 1.80 bits per heavy atom. The van der Waals surface area contributed by atoms with Gasteiger partial charge in [0.15, 0.2) is 0 Å². The average Bonchev–Trinajstić information content (AvgIpc) is 3.47. The van der Waals surface area contributed by atoms with Crippen molar-refractivity contribution in [2.45, 2.75) is 18.4 Å². The molecular formula is C20H21N7O2S. The second kappa shape index (κ2) is 7.13. The number of benzene rings is 2. The van der Waals surface area contributed by atoms with E-state index < -0.39 is 10.0 Å². The molecule has 0 unspecified atom stereocenters. The Labute approximate surface area is 174 Å². The van der Waals surface area contributed by atoms with Crippen LogP contribution in [-0.4, -0.2) is 48.4 Å². The lowest BCUT2D eigenvalue weighted by molar-refractivity contribution is 0.592. The summed E-state index contributed by atoms with van der Waals surface area (Å²) in [5.74, 6) is 1.37. The SMILES string of the molecule is Cc1ccc(S(=O)(=O)/N=c2/n(-c3ccccc3)nc3n2CCN3C2=NCCN2)cc1. The lowest BCUT2D eigenvalue weighted by Gasteiger charge is -2.15. The lowest BCUT2D eigenvalue weighted by Crippen LogP contribution is -2.38. The quantitative estimate of drug-likeness (QED) is 0.679. The summed E-state index contributed by atoms with van der Waals surface area (Å²) in [5, 5.41) is 7.96. The molecule has 5 rings (SSSR count). The van der Waals surface area contributed by atoms with Crippen molar-refractivity contribution in [2.75, 3.05) is 24.5 Å². The van der Waals surface area contributed by atoms with Crippen LogP contribution < -0.4 is 15.8 Å². The second-order valence-electron chi connectivity index (χ2n) is 7.16. The Hall–Kier alpha value is -3.40. The van der Waals surface area contributed by atoms with Crippen LogP contribution in [0.3, 0.4) is 0 Å². The molecule has 154 valence electrons. The number of hydrogen-bond acceptors (Lipinski definition) is 6. The van der Waals surface area contributed by atoms with Crippen LogP contribution in [0.1, 0.15) is 5.56 Å². The van der Waals surface area contributed by atoms with Gasteiger partial charge in [-0.05, 0) is 31.2 Å². The van der Waals surface area contributed by atoms with E-state index in [2.05, 4.69) is 14.7 Å². The minimum atomic E-state index is -3.91. The van der Waals surface area contributed by atoms with E-state index in [4.69, 9.17) is 5.10 Å². The van der Waals surface area contributed by atoms with Crippen molar-refractivity contribution in [1.82, 2.24) is 19.7 Å². The van der Waals surface area contributed by atoms with E-state index in [1.807, 2.05) is 46.7 Å². The Morgan fingerprint density at radius 3 is 2.50 bits per heavy atom. The largest absolute Gasteiger partial charge is 0.354 e. The van der Waals surface area contributed by atoms with Crippen LogP contribution in [0.15, 0.2) is 68.9 Å². The summed E-state index contributed by atoms with van der Waals surface area (Å²) in [7, 11) is -3.91. The Balaban J connectivity index is 1.70. The molecule has 1 N–H and O–H groups in total. The van der Waals surface area contributed by atoms with Crippen LogP contribution in [-0.2, 0) is 16.6 Å². The van der Waals surface area contributed by atoms with Crippen molar-refractivity contribution in [3.63, 3.8) is 0 Å². The molecule has 0 bridgehead atoms. The molecule has 0 saturated heterocycles. The molecule has 0 aliphatic carbocycles. The number of fused-ring (bicyclic) bond motifs is 1. The van der Waals surface area contributed by atoms with E-state index in [0.717, 1.165) is 23.8 Å². The molecule has 1 aromatic heterocycles. The molecule has 10 heteroatoms. The number of aliphatic imine (C=N–C) groups is 1. The number of aryl methyl sites for hydroxylation is 1. The smallest absolute Gasteiger partial charge is 0.285 e. The minimum Gasteiger partial charge on any atom is -0.354 e. The zero-order chi connectivity index (χ0) is 20.7. The normalized spacial score (nSPS) is 16.5. The Morgan fingerprint density at radius 1 is 1.03 bits per heavy atom. The fraction of sp³-hybridized carbons (Fsp3) is 0.250. The molecule has 0 atom stereocenters. The van der Waals surface area contributed by atoms with Gasteiger partial charge in [0.2, 0.25) is 17.5 Å². The van der Waals surface area contributed by atoms with Gasteiger partial charge in [-0.15, -0.1) is 9.50 Å². The van der Waals surface area contributed by atoms with E-state index in [0.29, 0.717) is 25.6 Å². The third kappa shape index (κ3) is 3.18. The molecule has 2 aromatic carbocycles. The van der Waals surface area contributed by atoms with Gasteiger partial charge < -0.3 is 5.32 Å². The molecule has 3 heterocycles. The molecule has 9 nitrogen and oxygen atoms in total. The number of para-hydroxylation sites is 1. The zero-order valence-corrected chi connectivity index (χ0v) is 17.2. The van der Waals surface area contributed by atoms with Gasteiger partial charge in [0.25, 0.3) is 10.0 Å². The monoisotopic (exact) mass is 423 g/mol. The molecule has 0 amide bonds. The number of nitrogens with zero attached hydrogens (tertiary/aromatic N) is 6. The number of guanidine groups is 1. The van der Waals surface area contributed by atoms with Gasteiger partial charge in [-0.25, -0.2) is 0 Å². The first-order valence-electron chi connectivity index (χ1n) is 9.72. The van der Waals surface area contributed by atoms with Crippen LogP contribution in [0.25, 0.3) is 5.69 Å². The first-order valence-corrected chi connectivity index (χ1v) is 11.2. The molecule has 0 fully saturated rings. The summed E-state index contributed by atoms with van der Waals surface area (Å²) in [4.78, 5) is 6.59. The molecular weight excluding hydrogens is 402 g/mol. The summed E-state index contributed by atoms with van der Waals surface area (Å²) in [6, 6.07) is 16.1. The van der Waals surface area contributed by atoms with Gasteiger partial charge in [-0.2, -0.15) is 13.1 Å². The minimum absolute atomic E-state index is 0.153.